The van der Waals surface area contributed by atoms with Gasteiger partial charge in [0.25, 0.3) is 5.91 Å². The molecule has 2 saturated heterocycles. The van der Waals surface area contributed by atoms with E-state index in [9.17, 15) is 9.59 Å². The van der Waals surface area contributed by atoms with Crippen molar-refractivity contribution in [3.63, 3.8) is 0 Å². The molecule has 0 bridgehead atoms. The van der Waals surface area contributed by atoms with Gasteiger partial charge in [-0.3, -0.25) is 9.59 Å². The number of amides is 2. The van der Waals surface area contributed by atoms with E-state index in [4.69, 9.17) is 25.8 Å². The molecule has 8 nitrogen and oxygen atoms in total. The lowest BCUT2D eigenvalue weighted by Crippen LogP contribution is -2.59. The second kappa shape index (κ2) is 12.2. The third kappa shape index (κ3) is 7.15. The van der Waals surface area contributed by atoms with Gasteiger partial charge in [0.15, 0.2) is 6.61 Å². The molecule has 2 aromatic carbocycles. The number of halogens is 1. The summed E-state index contributed by atoms with van der Waals surface area (Å²) in [5.41, 5.74) is 0.900. The zero-order valence-electron chi connectivity index (χ0n) is 21.9. The molecule has 0 N–H and O–H groups in total. The van der Waals surface area contributed by atoms with Gasteiger partial charge in [-0.25, -0.2) is 0 Å². The van der Waals surface area contributed by atoms with Gasteiger partial charge in [0.2, 0.25) is 5.91 Å². The van der Waals surface area contributed by atoms with Gasteiger partial charge in [-0.2, -0.15) is 0 Å². The van der Waals surface area contributed by atoms with Crippen molar-refractivity contribution in [3.05, 3.63) is 58.6 Å². The second-order valence-electron chi connectivity index (χ2n) is 9.96. The number of likely N-dealkylation sites (N-methyl/N-ethyl adjacent to an activating group) is 1. The molecule has 2 amide bonds. The summed E-state index contributed by atoms with van der Waals surface area (Å²) in [5, 5.41) is 0.659. The number of rotatable bonds is 8. The van der Waals surface area contributed by atoms with Crippen molar-refractivity contribution >= 4 is 23.4 Å². The molecule has 4 rings (SSSR count). The van der Waals surface area contributed by atoms with Crippen LogP contribution in [0.4, 0.5) is 0 Å². The minimum atomic E-state index is -0.968. The topological polar surface area (TPSA) is 71.6 Å². The van der Waals surface area contributed by atoms with E-state index >= 15 is 0 Å². The number of ether oxygens (including phenoxy) is 3. The van der Waals surface area contributed by atoms with E-state index in [1.165, 1.54) is 0 Å². The van der Waals surface area contributed by atoms with Gasteiger partial charge in [0, 0.05) is 37.7 Å². The van der Waals surface area contributed by atoms with Crippen molar-refractivity contribution in [3.8, 4) is 11.5 Å². The molecule has 0 saturated carbocycles. The summed E-state index contributed by atoms with van der Waals surface area (Å²) in [7, 11) is 2.05. The first-order chi connectivity index (χ1) is 17.7. The van der Waals surface area contributed by atoms with Crippen molar-refractivity contribution in [1.82, 2.24) is 14.7 Å². The normalized spacial score (nSPS) is 20.5. The molecule has 0 aliphatic carbocycles. The molecule has 37 heavy (non-hydrogen) atoms. The molecular formula is C28H36ClN3O5. The molecule has 2 fully saturated rings. The van der Waals surface area contributed by atoms with Gasteiger partial charge in [-0.15, -0.1) is 0 Å². The van der Waals surface area contributed by atoms with Gasteiger partial charge in [-0.05, 0) is 56.3 Å². The van der Waals surface area contributed by atoms with Crippen molar-refractivity contribution in [2.24, 2.45) is 0 Å². The fourth-order valence-electron chi connectivity index (χ4n) is 4.62. The number of para-hydroxylation sites is 1. The summed E-state index contributed by atoms with van der Waals surface area (Å²) in [6.07, 6.45) is 0.131. The zero-order chi connectivity index (χ0) is 26.4. The van der Waals surface area contributed by atoms with Crippen LogP contribution in [0.15, 0.2) is 42.5 Å². The Morgan fingerprint density at radius 2 is 1.70 bits per heavy atom. The summed E-state index contributed by atoms with van der Waals surface area (Å²) in [6.45, 7) is 7.92. The maximum Gasteiger partial charge on any atom is 0.260 e. The van der Waals surface area contributed by atoms with E-state index < -0.39 is 5.60 Å². The zero-order valence-corrected chi connectivity index (χ0v) is 22.6. The number of morpholine rings is 1. The number of piperazine rings is 1. The molecule has 0 unspecified atom stereocenters. The van der Waals surface area contributed by atoms with Gasteiger partial charge < -0.3 is 28.9 Å². The van der Waals surface area contributed by atoms with Gasteiger partial charge in [0.1, 0.15) is 23.7 Å². The third-order valence-electron chi connectivity index (χ3n) is 7.01. The molecule has 9 heteroatoms. The first-order valence-electron chi connectivity index (χ1n) is 12.7. The summed E-state index contributed by atoms with van der Waals surface area (Å²) >= 11 is 6.17. The lowest BCUT2D eigenvalue weighted by Gasteiger charge is -2.43. The number of carbonyl (C=O) groups is 2. The van der Waals surface area contributed by atoms with Crippen LogP contribution < -0.4 is 9.47 Å². The van der Waals surface area contributed by atoms with Crippen LogP contribution in [-0.4, -0.2) is 98.3 Å². The van der Waals surface area contributed by atoms with E-state index in [1.807, 2.05) is 49.1 Å². The standard InChI is InChI=1S/C28H36ClN3O5/c1-21-6-4-5-7-25(21)35-18-27(34)32-14-15-37-28(19-32,17-26(33)31-12-10-30(3)11-13-31)20-36-23-8-9-24(29)22(2)16-23/h4-9,16H,10-15,17-20H2,1-3H3/t28-/m1/s1. The highest BCUT2D eigenvalue weighted by Crippen LogP contribution is 2.28. The first kappa shape index (κ1) is 27.2. The smallest absolute Gasteiger partial charge is 0.260 e. The Kier molecular flexibility index (Phi) is 8.95. The largest absolute Gasteiger partial charge is 0.490 e. The Bertz CT molecular complexity index is 1100. The summed E-state index contributed by atoms with van der Waals surface area (Å²) < 4.78 is 18.2. The van der Waals surface area contributed by atoms with Gasteiger partial charge >= 0.3 is 0 Å². The molecule has 1 atom stereocenters. The van der Waals surface area contributed by atoms with Crippen LogP contribution in [0.2, 0.25) is 5.02 Å². The van der Waals surface area contributed by atoms with Crippen LogP contribution in [-0.2, 0) is 14.3 Å². The Labute approximate surface area is 224 Å². The maximum absolute atomic E-state index is 13.3. The van der Waals surface area contributed by atoms with Crippen LogP contribution in [0.3, 0.4) is 0 Å². The fourth-order valence-corrected chi connectivity index (χ4v) is 4.73. The lowest BCUT2D eigenvalue weighted by molar-refractivity contribution is -0.167. The summed E-state index contributed by atoms with van der Waals surface area (Å²) in [4.78, 5) is 32.3. The number of aryl methyl sites for hydroxylation is 2. The number of hydrogen-bond donors (Lipinski definition) is 0. The number of hydrogen-bond acceptors (Lipinski definition) is 6. The van der Waals surface area contributed by atoms with Gasteiger partial charge in [-0.1, -0.05) is 29.8 Å². The van der Waals surface area contributed by atoms with Crippen LogP contribution in [0.5, 0.6) is 11.5 Å². The lowest BCUT2D eigenvalue weighted by atomic mass is 9.96. The molecule has 2 heterocycles. The predicted molar refractivity (Wildman–Crippen MR) is 142 cm³/mol. The Morgan fingerprint density at radius 3 is 2.43 bits per heavy atom. The van der Waals surface area contributed by atoms with Crippen molar-refractivity contribution in [1.29, 1.82) is 0 Å². The van der Waals surface area contributed by atoms with Crippen LogP contribution >= 0.6 is 11.6 Å². The van der Waals surface area contributed by atoms with Crippen LogP contribution in [0.1, 0.15) is 17.5 Å². The highest BCUT2D eigenvalue weighted by Gasteiger charge is 2.42. The van der Waals surface area contributed by atoms with Crippen molar-refractivity contribution < 1.29 is 23.8 Å². The van der Waals surface area contributed by atoms with E-state index in [2.05, 4.69) is 11.9 Å². The predicted octanol–water partition coefficient (Wildman–Crippen LogP) is 3.18. The quantitative estimate of drug-likeness (QED) is 0.523. The SMILES string of the molecule is Cc1cc(OC[C@@]2(CC(=O)N3CCN(C)CC3)CN(C(=O)COc3ccccc3C)CCO2)ccc1Cl. The maximum atomic E-state index is 13.3. The van der Waals surface area contributed by atoms with E-state index in [1.54, 1.807) is 17.0 Å². The summed E-state index contributed by atoms with van der Waals surface area (Å²) in [6, 6.07) is 13.1. The Hall–Kier alpha value is -2.81. The molecule has 0 aromatic heterocycles. The minimum absolute atomic E-state index is 0.00875. The number of benzene rings is 2. The van der Waals surface area contributed by atoms with Gasteiger partial charge in [0.05, 0.1) is 19.6 Å². The Balaban J connectivity index is 1.46. The van der Waals surface area contributed by atoms with E-state index in [-0.39, 0.29) is 38.0 Å². The third-order valence-corrected chi connectivity index (χ3v) is 7.43. The average Bonchev–Trinajstić information content (AvgIpc) is 2.89. The first-order valence-corrected chi connectivity index (χ1v) is 13.1. The molecule has 200 valence electrons. The highest BCUT2D eigenvalue weighted by molar-refractivity contribution is 6.31. The monoisotopic (exact) mass is 529 g/mol. The average molecular weight is 530 g/mol. The minimum Gasteiger partial charge on any atom is -0.490 e. The molecular weight excluding hydrogens is 494 g/mol. The van der Waals surface area contributed by atoms with E-state index in [0.717, 1.165) is 24.2 Å². The second-order valence-corrected chi connectivity index (χ2v) is 10.4. The molecule has 0 radical (unpaired) electrons. The van der Waals surface area contributed by atoms with Crippen LogP contribution in [0, 0.1) is 13.8 Å². The molecule has 2 aromatic rings. The summed E-state index contributed by atoms with van der Waals surface area (Å²) in [5.74, 6) is 1.19. The van der Waals surface area contributed by atoms with Crippen molar-refractivity contribution in [2.75, 3.05) is 66.1 Å². The number of nitrogens with zero attached hydrogens (tertiary/aromatic N) is 3. The molecule has 0 spiro atoms. The fraction of sp³-hybridized carbons (Fsp3) is 0.500. The molecule has 2 aliphatic rings. The Morgan fingerprint density at radius 1 is 0.946 bits per heavy atom. The van der Waals surface area contributed by atoms with E-state index in [0.29, 0.717) is 42.8 Å². The van der Waals surface area contributed by atoms with Crippen LogP contribution in [0.25, 0.3) is 0 Å². The molecule has 2 aliphatic heterocycles. The highest BCUT2D eigenvalue weighted by atomic mass is 35.5. The van der Waals surface area contributed by atoms with Crippen molar-refractivity contribution in [2.45, 2.75) is 25.9 Å². The number of carbonyl (C=O) groups excluding carboxylic acids is 2.